The number of thioether (sulfide) groups is 1. The first-order valence-electron chi connectivity index (χ1n) is 10.4. The highest BCUT2D eigenvalue weighted by atomic mass is 32.2. The van der Waals surface area contributed by atoms with Gasteiger partial charge in [-0.15, -0.1) is 0 Å². The fourth-order valence-corrected chi connectivity index (χ4v) is 4.64. The average Bonchev–Trinajstić information content (AvgIpc) is 3.27. The molecule has 0 saturated carbocycles. The van der Waals surface area contributed by atoms with E-state index >= 15 is 0 Å². The maximum atomic E-state index is 13.4. The Morgan fingerprint density at radius 1 is 0.939 bits per heavy atom. The van der Waals surface area contributed by atoms with Gasteiger partial charge in [-0.25, -0.2) is 9.97 Å². The summed E-state index contributed by atoms with van der Waals surface area (Å²) in [7, 11) is 3.20. The fourth-order valence-electron chi connectivity index (χ4n) is 3.75. The van der Waals surface area contributed by atoms with Crippen LogP contribution in [0.25, 0.3) is 16.6 Å². The number of benzene rings is 2. The summed E-state index contributed by atoms with van der Waals surface area (Å²) in [5.74, 6) is 1.86. The molecule has 0 spiro atoms. The largest absolute Gasteiger partial charge is 0.493 e. The number of para-hydroxylation sites is 1. The van der Waals surface area contributed by atoms with Crippen molar-refractivity contribution in [3.8, 4) is 11.5 Å². The third-order valence-corrected chi connectivity index (χ3v) is 6.39. The Morgan fingerprint density at radius 3 is 2.58 bits per heavy atom. The molecule has 0 unspecified atom stereocenters. The van der Waals surface area contributed by atoms with Gasteiger partial charge in [-0.3, -0.25) is 9.36 Å². The number of fused-ring (bicyclic) bond motifs is 2. The normalized spacial score (nSPS) is 11.2. The van der Waals surface area contributed by atoms with Crippen molar-refractivity contribution in [3.05, 3.63) is 94.7 Å². The van der Waals surface area contributed by atoms with Crippen LogP contribution in [-0.2, 0) is 12.3 Å². The molecule has 0 aliphatic heterocycles. The highest BCUT2D eigenvalue weighted by Crippen LogP contribution is 2.29. The molecule has 3 aromatic heterocycles. The molecule has 0 fully saturated rings. The molecule has 0 radical (unpaired) electrons. The van der Waals surface area contributed by atoms with Gasteiger partial charge in [0, 0.05) is 18.1 Å². The Hall–Kier alpha value is -3.78. The molecule has 166 valence electrons. The Kier molecular flexibility index (Phi) is 5.75. The van der Waals surface area contributed by atoms with Crippen molar-refractivity contribution in [1.82, 2.24) is 18.9 Å². The molecule has 2 aromatic carbocycles. The Balaban J connectivity index is 1.53. The van der Waals surface area contributed by atoms with Crippen molar-refractivity contribution in [2.24, 2.45) is 0 Å². The number of hydrogen-bond acceptors (Lipinski definition) is 6. The van der Waals surface area contributed by atoms with E-state index in [1.54, 1.807) is 18.8 Å². The van der Waals surface area contributed by atoms with Crippen LogP contribution in [0.2, 0.25) is 0 Å². The fraction of sp³-hybridized carbons (Fsp3) is 0.160. The summed E-state index contributed by atoms with van der Waals surface area (Å²) in [6.45, 7) is 0.366. The molecule has 7 nitrogen and oxygen atoms in total. The molecule has 0 aliphatic carbocycles. The second-order valence-electron chi connectivity index (χ2n) is 7.48. The van der Waals surface area contributed by atoms with E-state index in [1.807, 2.05) is 77.5 Å². The lowest BCUT2D eigenvalue weighted by molar-refractivity contribution is 0.354. The van der Waals surface area contributed by atoms with E-state index in [2.05, 4.69) is 4.98 Å². The Labute approximate surface area is 194 Å². The van der Waals surface area contributed by atoms with Crippen LogP contribution in [-0.4, -0.2) is 33.2 Å². The number of nitrogens with zero attached hydrogens (tertiary/aromatic N) is 4. The predicted molar refractivity (Wildman–Crippen MR) is 129 cm³/mol. The lowest BCUT2D eigenvalue weighted by Crippen LogP contribution is -2.24. The number of ether oxygens (including phenoxy) is 2. The SMILES string of the molecule is COc1ccc(Cn2c(SCc3cn4ccccc4n3)nc3ccccc3c2=O)cc1OC. The molecule has 8 heteroatoms. The predicted octanol–water partition coefficient (Wildman–Crippen LogP) is 4.40. The first-order valence-corrected chi connectivity index (χ1v) is 11.4. The average molecular weight is 459 g/mol. The third kappa shape index (κ3) is 4.17. The van der Waals surface area contributed by atoms with Gasteiger partial charge in [0.1, 0.15) is 5.65 Å². The van der Waals surface area contributed by atoms with E-state index in [0.29, 0.717) is 39.9 Å². The van der Waals surface area contributed by atoms with Crippen LogP contribution in [0.5, 0.6) is 11.5 Å². The van der Waals surface area contributed by atoms with Crippen LogP contribution >= 0.6 is 11.8 Å². The van der Waals surface area contributed by atoms with Crippen LogP contribution in [0.3, 0.4) is 0 Å². The first kappa shape index (κ1) is 21.1. The van der Waals surface area contributed by atoms with Crippen molar-refractivity contribution in [1.29, 1.82) is 0 Å². The van der Waals surface area contributed by atoms with Gasteiger partial charge in [-0.05, 0) is 42.0 Å². The standard InChI is InChI=1S/C25H22N4O3S/c1-31-21-11-10-17(13-22(21)32-2)14-29-24(30)19-7-3-4-8-20(19)27-25(29)33-16-18-15-28-12-6-5-9-23(28)26-18/h3-13,15H,14,16H2,1-2H3. The monoisotopic (exact) mass is 458 g/mol. The van der Waals surface area contributed by atoms with Crippen molar-refractivity contribution in [3.63, 3.8) is 0 Å². The van der Waals surface area contributed by atoms with E-state index in [1.165, 1.54) is 11.8 Å². The van der Waals surface area contributed by atoms with Gasteiger partial charge in [0.05, 0.1) is 37.4 Å². The third-order valence-electron chi connectivity index (χ3n) is 5.38. The topological polar surface area (TPSA) is 70.7 Å². The number of methoxy groups -OCH3 is 2. The molecule has 0 N–H and O–H groups in total. The second kappa shape index (κ2) is 8.99. The molecule has 3 heterocycles. The van der Waals surface area contributed by atoms with E-state index in [0.717, 1.165) is 16.9 Å². The van der Waals surface area contributed by atoms with Gasteiger partial charge in [0.15, 0.2) is 16.7 Å². The van der Waals surface area contributed by atoms with E-state index in [-0.39, 0.29) is 5.56 Å². The summed E-state index contributed by atoms with van der Waals surface area (Å²) in [4.78, 5) is 22.9. The number of aromatic nitrogens is 4. The zero-order valence-electron chi connectivity index (χ0n) is 18.3. The lowest BCUT2D eigenvalue weighted by atomic mass is 10.2. The minimum Gasteiger partial charge on any atom is -0.493 e. The molecule has 0 saturated heterocycles. The van der Waals surface area contributed by atoms with Crippen LogP contribution < -0.4 is 15.0 Å². The van der Waals surface area contributed by atoms with Gasteiger partial charge < -0.3 is 13.9 Å². The summed E-state index contributed by atoms with van der Waals surface area (Å²) in [6, 6.07) is 19.0. The molecule has 0 amide bonds. The number of hydrogen-bond donors (Lipinski definition) is 0. The summed E-state index contributed by atoms with van der Waals surface area (Å²) in [5.41, 5.74) is 3.34. The van der Waals surface area contributed by atoms with E-state index < -0.39 is 0 Å². The Bertz CT molecular complexity index is 1480. The van der Waals surface area contributed by atoms with Crippen LogP contribution in [0.1, 0.15) is 11.3 Å². The zero-order valence-corrected chi connectivity index (χ0v) is 19.1. The summed E-state index contributed by atoms with van der Waals surface area (Å²) < 4.78 is 14.5. The van der Waals surface area contributed by atoms with E-state index in [4.69, 9.17) is 14.5 Å². The van der Waals surface area contributed by atoms with Crippen molar-refractivity contribution >= 4 is 28.3 Å². The summed E-state index contributed by atoms with van der Waals surface area (Å²) in [6.07, 6.45) is 3.97. The second-order valence-corrected chi connectivity index (χ2v) is 8.42. The zero-order chi connectivity index (χ0) is 22.8. The first-order chi connectivity index (χ1) is 16.2. The molecule has 5 aromatic rings. The quantitative estimate of drug-likeness (QED) is 0.266. The molecular formula is C25H22N4O3S. The molecule has 5 rings (SSSR count). The molecule has 0 aliphatic rings. The number of pyridine rings is 1. The van der Waals surface area contributed by atoms with Gasteiger partial charge in [-0.2, -0.15) is 0 Å². The maximum Gasteiger partial charge on any atom is 0.262 e. The minimum absolute atomic E-state index is 0.0760. The van der Waals surface area contributed by atoms with Gasteiger partial charge in [-0.1, -0.05) is 36.0 Å². The van der Waals surface area contributed by atoms with Crippen LogP contribution in [0.15, 0.2) is 83.0 Å². The molecule has 33 heavy (non-hydrogen) atoms. The summed E-state index contributed by atoms with van der Waals surface area (Å²) in [5, 5.41) is 1.24. The Morgan fingerprint density at radius 2 is 1.76 bits per heavy atom. The minimum atomic E-state index is -0.0760. The lowest BCUT2D eigenvalue weighted by Gasteiger charge is -2.14. The smallest absolute Gasteiger partial charge is 0.262 e. The van der Waals surface area contributed by atoms with Crippen LogP contribution in [0.4, 0.5) is 0 Å². The van der Waals surface area contributed by atoms with Crippen molar-refractivity contribution < 1.29 is 9.47 Å². The molecular weight excluding hydrogens is 436 g/mol. The number of rotatable bonds is 7. The van der Waals surface area contributed by atoms with Gasteiger partial charge in [0.2, 0.25) is 0 Å². The van der Waals surface area contributed by atoms with Crippen molar-refractivity contribution in [2.45, 2.75) is 17.5 Å². The number of imidazole rings is 1. The van der Waals surface area contributed by atoms with Gasteiger partial charge in [0.25, 0.3) is 5.56 Å². The van der Waals surface area contributed by atoms with Crippen LogP contribution in [0, 0.1) is 0 Å². The maximum absolute atomic E-state index is 13.4. The van der Waals surface area contributed by atoms with Crippen molar-refractivity contribution in [2.75, 3.05) is 14.2 Å². The van der Waals surface area contributed by atoms with E-state index in [9.17, 15) is 4.79 Å². The van der Waals surface area contributed by atoms with Gasteiger partial charge >= 0.3 is 0 Å². The highest BCUT2D eigenvalue weighted by molar-refractivity contribution is 7.98. The molecule has 0 atom stereocenters. The molecule has 0 bridgehead atoms. The highest BCUT2D eigenvalue weighted by Gasteiger charge is 2.14. The summed E-state index contributed by atoms with van der Waals surface area (Å²) >= 11 is 1.50.